The van der Waals surface area contributed by atoms with Gasteiger partial charge in [0.25, 0.3) is 0 Å². The van der Waals surface area contributed by atoms with Gasteiger partial charge in [0, 0.05) is 6.20 Å². The number of aromatic nitrogens is 3. The first kappa shape index (κ1) is 15.2. The first-order valence-electron chi connectivity index (χ1n) is 6.66. The molecule has 2 aromatic heterocycles. The van der Waals surface area contributed by atoms with E-state index in [-0.39, 0.29) is 17.0 Å². The van der Waals surface area contributed by atoms with Crippen molar-refractivity contribution in [3.8, 4) is 18.4 Å². The molecule has 1 aliphatic rings. The van der Waals surface area contributed by atoms with Crippen LogP contribution in [0.15, 0.2) is 12.5 Å². The molecule has 0 aromatic carbocycles. The lowest BCUT2D eigenvalue weighted by Crippen LogP contribution is -2.37. The van der Waals surface area contributed by atoms with Crippen LogP contribution in [0.4, 0.5) is 5.82 Å². The van der Waals surface area contributed by atoms with Crippen molar-refractivity contribution in [3.05, 3.63) is 18.1 Å². The third kappa shape index (κ3) is 2.20. The highest BCUT2D eigenvalue weighted by Crippen LogP contribution is 2.35. The van der Waals surface area contributed by atoms with Crippen molar-refractivity contribution in [1.29, 1.82) is 5.26 Å². The summed E-state index contributed by atoms with van der Waals surface area (Å²) in [6.07, 6.45) is 1.31. The summed E-state index contributed by atoms with van der Waals surface area (Å²) in [7, 11) is 0. The van der Waals surface area contributed by atoms with Crippen LogP contribution in [0.3, 0.4) is 0 Å². The Morgan fingerprint density at radius 1 is 1.39 bits per heavy atom. The van der Waals surface area contributed by atoms with E-state index in [0.29, 0.717) is 5.39 Å². The number of nitrogens with two attached hydrogens (primary N) is 1. The maximum absolute atomic E-state index is 10.2. The fraction of sp³-hybridized carbons (Fsp3) is 0.357. The van der Waals surface area contributed by atoms with Gasteiger partial charge in [-0.25, -0.2) is 9.97 Å². The molecule has 1 saturated heterocycles. The Balaban J connectivity index is 2.10. The normalized spacial score (nSPS) is 28.4. The van der Waals surface area contributed by atoms with E-state index in [0.717, 1.165) is 0 Å². The van der Waals surface area contributed by atoms with Crippen LogP contribution in [0, 0.1) is 23.7 Å². The van der Waals surface area contributed by atoms with Crippen molar-refractivity contribution in [2.24, 2.45) is 0 Å². The molecule has 3 rings (SSSR count). The topological polar surface area (TPSA) is 150 Å². The maximum atomic E-state index is 10.2. The summed E-state index contributed by atoms with van der Waals surface area (Å²) in [6.45, 7) is 0. The molecule has 0 bridgehead atoms. The molecule has 5 N–H and O–H groups in total. The van der Waals surface area contributed by atoms with Crippen molar-refractivity contribution >= 4 is 16.9 Å². The van der Waals surface area contributed by atoms with Crippen LogP contribution in [0.1, 0.15) is 11.8 Å². The molecule has 0 spiro atoms. The number of hydrogen-bond donors (Lipinski definition) is 4. The molecule has 0 amide bonds. The number of ether oxygens (including phenoxy) is 1. The number of nitriles is 1. The zero-order valence-corrected chi connectivity index (χ0v) is 11.7. The number of anilines is 1. The molecule has 118 valence electrons. The first-order valence-corrected chi connectivity index (χ1v) is 6.66. The predicted octanol–water partition coefficient (Wildman–Crippen LogP) is -1.50. The third-order valence-electron chi connectivity index (χ3n) is 3.79. The smallest absolute Gasteiger partial charge is 0.164 e. The Morgan fingerprint density at radius 3 is 2.78 bits per heavy atom. The molecule has 2 unspecified atom stereocenters. The molecular formula is C14H13N5O4. The third-order valence-corrected chi connectivity index (χ3v) is 3.79. The standard InChI is InChI=1S/C14H13N5O4/c1-2-7(20)11-9(21)10(22)14(23-11)19-4-6(3-15)8-12(16)17-5-18-13(8)19/h1,4-5,7,9-11,14,20-22H,(H2,16,17,18)/t7?,9-,10+,11+,14?/m0/s1. The minimum Gasteiger partial charge on any atom is -0.387 e. The lowest BCUT2D eigenvalue weighted by Gasteiger charge is -2.17. The zero-order chi connectivity index (χ0) is 16.7. The molecular weight excluding hydrogens is 302 g/mol. The van der Waals surface area contributed by atoms with Crippen LogP contribution in [-0.4, -0.2) is 54.3 Å². The zero-order valence-electron chi connectivity index (χ0n) is 11.7. The summed E-state index contributed by atoms with van der Waals surface area (Å²) in [5.74, 6) is 2.15. The average molecular weight is 315 g/mol. The Morgan fingerprint density at radius 2 is 2.13 bits per heavy atom. The Labute approximate surface area is 130 Å². The van der Waals surface area contributed by atoms with E-state index < -0.39 is 30.6 Å². The second-order valence-electron chi connectivity index (χ2n) is 5.10. The molecule has 23 heavy (non-hydrogen) atoms. The van der Waals surface area contributed by atoms with Crippen LogP contribution in [0.25, 0.3) is 11.0 Å². The number of aliphatic hydroxyl groups excluding tert-OH is 3. The van der Waals surface area contributed by atoms with Gasteiger partial charge in [0.2, 0.25) is 0 Å². The van der Waals surface area contributed by atoms with E-state index in [1.54, 1.807) is 0 Å². The predicted molar refractivity (Wildman–Crippen MR) is 77.4 cm³/mol. The van der Waals surface area contributed by atoms with Crippen molar-refractivity contribution in [2.75, 3.05) is 5.73 Å². The Kier molecular flexibility index (Phi) is 3.64. The van der Waals surface area contributed by atoms with Crippen molar-refractivity contribution in [2.45, 2.75) is 30.6 Å². The van der Waals surface area contributed by atoms with E-state index >= 15 is 0 Å². The molecule has 0 aliphatic carbocycles. The average Bonchev–Trinajstić information content (AvgIpc) is 3.07. The van der Waals surface area contributed by atoms with Gasteiger partial charge in [0.1, 0.15) is 48.3 Å². The first-order chi connectivity index (χ1) is 11.0. The molecule has 0 saturated carbocycles. The summed E-state index contributed by atoms with van der Waals surface area (Å²) >= 11 is 0. The summed E-state index contributed by atoms with van der Waals surface area (Å²) in [6, 6.07) is 1.96. The van der Waals surface area contributed by atoms with Crippen LogP contribution in [0.5, 0.6) is 0 Å². The van der Waals surface area contributed by atoms with Gasteiger partial charge in [-0.05, 0) is 0 Å². The van der Waals surface area contributed by atoms with Crippen molar-refractivity contribution < 1.29 is 20.1 Å². The second-order valence-corrected chi connectivity index (χ2v) is 5.10. The van der Waals surface area contributed by atoms with E-state index in [1.165, 1.54) is 17.1 Å². The highest BCUT2D eigenvalue weighted by atomic mass is 16.6. The lowest BCUT2D eigenvalue weighted by molar-refractivity contribution is -0.0671. The maximum Gasteiger partial charge on any atom is 0.164 e. The molecule has 9 nitrogen and oxygen atoms in total. The van der Waals surface area contributed by atoms with E-state index in [1.807, 2.05) is 12.0 Å². The monoisotopic (exact) mass is 315 g/mol. The minimum absolute atomic E-state index is 0.110. The summed E-state index contributed by atoms with van der Waals surface area (Å²) in [5, 5.41) is 39.4. The van der Waals surface area contributed by atoms with E-state index in [4.69, 9.17) is 16.9 Å². The molecule has 1 fully saturated rings. The molecule has 5 atom stereocenters. The molecule has 3 heterocycles. The summed E-state index contributed by atoms with van der Waals surface area (Å²) in [4.78, 5) is 7.88. The van der Waals surface area contributed by atoms with E-state index in [2.05, 4.69) is 9.97 Å². The van der Waals surface area contributed by atoms with Crippen LogP contribution >= 0.6 is 0 Å². The Bertz CT molecular complexity index is 836. The van der Waals surface area contributed by atoms with Gasteiger partial charge in [-0.1, -0.05) is 5.92 Å². The van der Waals surface area contributed by atoms with Crippen molar-refractivity contribution in [3.63, 3.8) is 0 Å². The van der Waals surface area contributed by atoms with Gasteiger partial charge < -0.3 is 30.4 Å². The highest BCUT2D eigenvalue weighted by molar-refractivity contribution is 5.91. The minimum atomic E-state index is -1.40. The van der Waals surface area contributed by atoms with Gasteiger partial charge in [-0.2, -0.15) is 5.26 Å². The molecule has 0 radical (unpaired) electrons. The van der Waals surface area contributed by atoms with Crippen LogP contribution < -0.4 is 5.73 Å². The number of fused-ring (bicyclic) bond motifs is 1. The molecule has 2 aromatic rings. The largest absolute Gasteiger partial charge is 0.387 e. The van der Waals surface area contributed by atoms with Gasteiger partial charge in [-0.15, -0.1) is 6.42 Å². The quantitative estimate of drug-likeness (QED) is 0.489. The fourth-order valence-corrected chi connectivity index (χ4v) is 2.66. The van der Waals surface area contributed by atoms with Crippen molar-refractivity contribution in [1.82, 2.24) is 14.5 Å². The molecule has 1 aliphatic heterocycles. The fourth-order valence-electron chi connectivity index (χ4n) is 2.66. The highest BCUT2D eigenvalue weighted by Gasteiger charge is 2.47. The number of nitrogen functional groups attached to an aromatic ring is 1. The summed E-state index contributed by atoms with van der Waals surface area (Å²) < 4.78 is 6.85. The number of terminal acetylenes is 1. The number of aliphatic hydroxyl groups is 3. The van der Waals surface area contributed by atoms with Crippen LogP contribution in [-0.2, 0) is 4.74 Å². The molecule has 9 heteroatoms. The Hall–Kier alpha value is -2.69. The van der Waals surface area contributed by atoms with Gasteiger partial charge in [-0.3, -0.25) is 0 Å². The number of rotatable bonds is 2. The van der Waals surface area contributed by atoms with Gasteiger partial charge >= 0.3 is 0 Å². The van der Waals surface area contributed by atoms with Crippen LogP contribution in [0.2, 0.25) is 0 Å². The second kappa shape index (κ2) is 5.50. The SMILES string of the molecule is C#CC(O)[C@H]1OC(n2cc(C#N)c3c(N)ncnc32)[C@H](O)[C@@H]1O. The lowest BCUT2D eigenvalue weighted by atomic mass is 10.1. The number of hydrogen-bond acceptors (Lipinski definition) is 8. The number of nitrogens with zero attached hydrogens (tertiary/aromatic N) is 4. The van der Waals surface area contributed by atoms with Gasteiger partial charge in [0.15, 0.2) is 6.23 Å². The summed E-state index contributed by atoms with van der Waals surface area (Å²) in [5.41, 5.74) is 6.23. The van der Waals surface area contributed by atoms with E-state index in [9.17, 15) is 20.6 Å². The van der Waals surface area contributed by atoms with Gasteiger partial charge in [0.05, 0.1) is 10.9 Å².